The van der Waals surface area contributed by atoms with E-state index in [0.29, 0.717) is 11.5 Å². The largest absolute Gasteiger partial charge is 0.493 e. The lowest BCUT2D eigenvalue weighted by Gasteiger charge is -2.17. The van der Waals surface area contributed by atoms with Crippen LogP contribution in [-0.4, -0.2) is 29.1 Å². The maximum absolute atomic E-state index is 13.0. The lowest BCUT2D eigenvalue weighted by atomic mass is 10.1. The molecular weight excluding hydrogens is 422 g/mol. The number of rotatable bonds is 7. The summed E-state index contributed by atoms with van der Waals surface area (Å²) >= 11 is 0. The van der Waals surface area contributed by atoms with E-state index in [0.717, 1.165) is 60.7 Å². The summed E-state index contributed by atoms with van der Waals surface area (Å²) in [5.74, 6) is 2.65. The van der Waals surface area contributed by atoms with E-state index < -0.39 is 0 Å². The van der Waals surface area contributed by atoms with Gasteiger partial charge in [-0.2, -0.15) is 0 Å². The average Bonchev–Trinajstić information content (AvgIpc) is 3.45. The number of ether oxygens (including phenoxy) is 1. The Balaban J connectivity index is 1.48. The Morgan fingerprint density at radius 2 is 1.91 bits per heavy atom. The van der Waals surface area contributed by atoms with Gasteiger partial charge in [0.2, 0.25) is 0 Å². The maximum Gasteiger partial charge on any atom is 0.258 e. The van der Waals surface area contributed by atoms with Gasteiger partial charge in [-0.3, -0.25) is 4.79 Å². The highest BCUT2D eigenvalue weighted by Crippen LogP contribution is 2.29. The van der Waals surface area contributed by atoms with Gasteiger partial charge in [0.15, 0.2) is 0 Å². The molecule has 5 heteroatoms. The molecule has 0 fully saturated rings. The standard InChI is InChI=1S/C29H31N3O2/c1-20(2)13-15-32-26-11-10-24(31(3)29(33)22-7-5-4-6-8-22)19-25(26)30-28(32)18-21-9-12-27-23(17-21)14-16-34-27/h4-12,17,19-20H,13-16,18H2,1-3H3. The Labute approximate surface area is 201 Å². The van der Waals surface area contributed by atoms with Crippen molar-refractivity contribution in [2.45, 2.75) is 39.7 Å². The second-order valence-electron chi connectivity index (χ2n) is 9.48. The van der Waals surface area contributed by atoms with Crippen LogP contribution in [0.1, 0.15) is 47.6 Å². The van der Waals surface area contributed by atoms with Crippen LogP contribution in [0.15, 0.2) is 66.7 Å². The molecule has 2 heterocycles. The van der Waals surface area contributed by atoms with Crippen LogP contribution < -0.4 is 9.64 Å². The fourth-order valence-electron chi connectivity index (χ4n) is 4.57. The Morgan fingerprint density at radius 3 is 2.71 bits per heavy atom. The number of aromatic nitrogens is 2. The smallest absolute Gasteiger partial charge is 0.258 e. The topological polar surface area (TPSA) is 47.4 Å². The molecule has 34 heavy (non-hydrogen) atoms. The molecule has 174 valence electrons. The highest BCUT2D eigenvalue weighted by Gasteiger charge is 2.18. The Morgan fingerprint density at radius 1 is 1.09 bits per heavy atom. The number of aryl methyl sites for hydroxylation is 1. The molecule has 0 aliphatic carbocycles. The molecule has 0 N–H and O–H groups in total. The lowest BCUT2D eigenvalue weighted by molar-refractivity contribution is 0.0993. The molecular formula is C29H31N3O2. The molecule has 0 bridgehead atoms. The Hall–Kier alpha value is -3.60. The van der Waals surface area contributed by atoms with Crippen molar-refractivity contribution in [1.29, 1.82) is 0 Å². The predicted molar refractivity (Wildman–Crippen MR) is 137 cm³/mol. The summed E-state index contributed by atoms with van der Waals surface area (Å²) in [5, 5.41) is 0. The first-order valence-electron chi connectivity index (χ1n) is 12.1. The Bertz CT molecular complexity index is 1320. The van der Waals surface area contributed by atoms with Gasteiger partial charge in [-0.1, -0.05) is 44.2 Å². The van der Waals surface area contributed by atoms with Gasteiger partial charge < -0.3 is 14.2 Å². The van der Waals surface area contributed by atoms with Crippen molar-refractivity contribution in [3.8, 4) is 5.75 Å². The van der Waals surface area contributed by atoms with Gasteiger partial charge in [0.05, 0.1) is 17.6 Å². The molecule has 1 aliphatic heterocycles. The van der Waals surface area contributed by atoms with Crippen LogP contribution in [0.25, 0.3) is 11.0 Å². The molecule has 0 radical (unpaired) electrons. The van der Waals surface area contributed by atoms with Crippen LogP contribution in [0.4, 0.5) is 5.69 Å². The van der Waals surface area contributed by atoms with Crippen molar-refractivity contribution in [3.05, 3.63) is 89.2 Å². The fourth-order valence-corrected chi connectivity index (χ4v) is 4.57. The van der Waals surface area contributed by atoms with E-state index in [4.69, 9.17) is 9.72 Å². The molecule has 3 aromatic carbocycles. The molecule has 5 rings (SSSR count). The minimum absolute atomic E-state index is 0.0280. The van der Waals surface area contributed by atoms with E-state index in [2.05, 4.69) is 42.7 Å². The van der Waals surface area contributed by atoms with Gasteiger partial charge in [-0.05, 0) is 59.9 Å². The SMILES string of the molecule is CC(C)CCn1c(Cc2ccc3c(c2)CCO3)nc2cc(N(C)C(=O)c3ccccc3)ccc21. The zero-order chi connectivity index (χ0) is 23.7. The van der Waals surface area contributed by atoms with Crippen molar-refractivity contribution in [1.82, 2.24) is 9.55 Å². The number of imidazole rings is 1. The van der Waals surface area contributed by atoms with Gasteiger partial charge in [-0.15, -0.1) is 0 Å². The molecule has 5 nitrogen and oxygen atoms in total. The molecule has 1 aromatic heterocycles. The lowest BCUT2D eigenvalue weighted by Crippen LogP contribution is -2.26. The summed E-state index contributed by atoms with van der Waals surface area (Å²) in [7, 11) is 1.82. The van der Waals surface area contributed by atoms with Crippen molar-refractivity contribution >= 4 is 22.6 Å². The molecule has 4 aromatic rings. The summed E-state index contributed by atoms with van der Waals surface area (Å²) in [6.07, 6.45) is 2.83. The molecule has 1 amide bonds. The van der Waals surface area contributed by atoms with Crippen LogP contribution in [-0.2, 0) is 19.4 Å². The first-order valence-corrected chi connectivity index (χ1v) is 12.1. The zero-order valence-corrected chi connectivity index (χ0v) is 20.1. The van der Waals surface area contributed by atoms with E-state index in [1.165, 1.54) is 11.1 Å². The minimum Gasteiger partial charge on any atom is -0.493 e. The molecule has 1 aliphatic rings. The van der Waals surface area contributed by atoms with Crippen LogP contribution in [0, 0.1) is 5.92 Å². The van der Waals surface area contributed by atoms with E-state index in [-0.39, 0.29) is 5.91 Å². The second-order valence-corrected chi connectivity index (χ2v) is 9.48. The van der Waals surface area contributed by atoms with Crippen LogP contribution in [0.3, 0.4) is 0 Å². The summed E-state index contributed by atoms with van der Waals surface area (Å²) in [4.78, 5) is 19.7. The summed E-state index contributed by atoms with van der Waals surface area (Å²) in [6.45, 7) is 6.20. The van der Waals surface area contributed by atoms with Crippen LogP contribution in [0.5, 0.6) is 5.75 Å². The number of fused-ring (bicyclic) bond motifs is 2. The number of anilines is 1. The predicted octanol–water partition coefficient (Wildman–Crippen LogP) is 5.88. The van der Waals surface area contributed by atoms with Crippen LogP contribution in [0.2, 0.25) is 0 Å². The van der Waals surface area contributed by atoms with Crippen molar-refractivity contribution < 1.29 is 9.53 Å². The summed E-state index contributed by atoms with van der Waals surface area (Å²) in [5.41, 5.74) is 6.09. The van der Waals surface area contributed by atoms with Gasteiger partial charge in [0.1, 0.15) is 11.6 Å². The van der Waals surface area contributed by atoms with Gasteiger partial charge >= 0.3 is 0 Å². The van der Waals surface area contributed by atoms with Crippen LogP contribution >= 0.6 is 0 Å². The number of hydrogen-bond donors (Lipinski definition) is 0. The summed E-state index contributed by atoms with van der Waals surface area (Å²) in [6, 6.07) is 22.0. The van der Waals surface area contributed by atoms with Gasteiger partial charge in [0.25, 0.3) is 5.91 Å². The number of carbonyl (C=O) groups excluding carboxylic acids is 1. The third kappa shape index (κ3) is 4.43. The highest BCUT2D eigenvalue weighted by molar-refractivity contribution is 6.06. The number of benzene rings is 3. The molecule has 0 saturated heterocycles. The second kappa shape index (κ2) is 9.34. The van der Waals surface area contributed by atoms with E-state index in [1.807, 2.05) is 49.5 Å². The first-order chi connectivity index (χ1) is 16.5. The van der Waals surface area contributed by atoms with E-state index in [1.54, 1.807) is 4.90 Å². The third-order valence-electron chi connectivity index (χ3n) is 6.57. The normalized spacial score (nSPS) is 12.7. The quantitative estimate of drug-likeness (QED) is 0.351. The number of hydrogen-bond acceptors (Lipinski definition) is 3. The van der Waals surface area contributed by atoms with E-state index in [9.17, 15) is 4.79 Å². The van der Waals surface area contributed by atoms with Gasteiger partial charge in [-0.25, -0.2) is 4.98 Å². The maximum atomic E-state index is 13.0. The highest BCUT2D eigenvalue weighted by atomic mass is 16.5. The van der Waals surface area contributed by atoms with Crippen molar-refractivity contribution in [3.63, 3.8) is 0 Å². The number of amides is 1. The average molecular weight is 454 g/mol. The molecule has 0 unspecified atom stereocenters. The molecule has 0 saturated carbocycles. The molecule has 0 spiro atoms. The van der Waals surface area contributed by atoms with E-state index >= 15 is 0 Å². The van der Waals surface area contributed by atoms with Crippen molar-refractivity contribution in [2.75, 3.05) is 18.6 Å². The van der Waals surface area contributed by atoms with Crippen molar-refractivity contribution in [2.24, 2.45) is 5.92 Å². The number of nitrogens with zero attached hydrogens (tertiary/aromatic N) is 3. The third-order valence-corrected chi connectivity index (χ3v) is 6.57. The summed E-state index contributed by atoms with van der Waals surface area (Å²) < 4.78 is 8.02. The monoisotopic (exact) mass is 453 g/mol. The fraction of sp³-hybridized carbons (Fsp3) is 0.310. The molecule has 0 atom stereocenters. The van der Waals surface area contributed by atoms with Gasteiger partial charge in [0, 0.05) is 37.7 Å². The number of carbonyl (C=O) groups is 1. The minimum atomic E-state index is -0.0280. The first kappa shape index (κ1) is 22.2. The Kier molecular flexibility index (Phi) is 6.10. The zero-order valence-electron chi connectivity index (χ0n) is 20.1.